The maximum Gasteiger partial charge on any atom is 0.313 e. The summed E-state index contributed by atoms with van der Waals surface area (Å²) in [7, 11) is 0. The lowest BCUT2D eigenvalue weighted by Crippen LogP contribution is -2.09. The van der Waals surface area contributed by atoms with Crippen molar-refractivity contribution in [3.8, 4) is 22.9 Å². The van der Waals surface area contributed by atoms with Gasteiger partial charge >= 0.3 is 11.4 Å². The Morgan fingerprint density at radius 1 is 0.786 bits per heavy atom. The van der Waals surface area contributed by atoms with Crippen molar-refractivity contribution in [2.24, 2.45) is 0 Å². The predicted octanol–water partition coefficient (Wildman–Crippen LogP) is 2.52. The highest BCUT2D eigenvalue weighted by molar-refractivity contribution is 5.69. The third-order valence-corrected chi connectivity index (χ3v) is 4.40. The van der Waals surface area contributed by atoms with Gasteiger partial charge in [-0.25, -0.2) is 9.36 Å². The Kier molecular flexibility index (Phi) is 4.26. The van der Waals surface area contributed by atoms with Gasteiger partial charge in [-0.2, -0.15) is 10.2 Å². The summed E-state index contributed by atoms with van der Waals surface area (Å²) >= 11 is 0. The molecule has 0 aliphatic carbocycles. The molecule has 146 valence electrons. The summed E-state index contributed by atoms with van der Waals surface area (Å²) in [4.78, 5) is 21.4. The summed E-state index contributed by atoms with van der Waals surface area (Å²) in [5.74, 6) is -0.688. The molecule has 2 N–H and O–H groups in total. The molecule has 3 rings (SSSR count). The molecule has 28 heavy (non-hydrogen) atoms. The molecule has 1 aromatic carbocycles. The number of nitro groups is 2. The largest absolute Gasteiger partial charge is 0.506 e. The molecule has 12 heteroatoms. The van der Waals surface area contributed by atoms with E-state index >= 15 is 0 Å². The van der Waals surface area contributed by atoms with E-state index in [1.807, 2.05) is 0 Å². The number of nitrogens with zero attached hydrogens (tertiary/aromatic N) is 6. The van der Waals surface area contributed by atoms with Crippen molar-refractivity contribution in [2.45, 2.75) is 27.7 Å². The van der Waals surface area contributed by atoms with Gasteiger partial charge in [0.15, 0.2) is 0 Å². The van der Waals surface area contributed by atoms with Gasteiger partial charge in [0.05, 0.1) is 9.85 Å². The summed E-state index contributed by atoms with van der Waals surface area (Å²) in [5, 5.41) is 51.8. The summed E-state index contributed by atoms with van der Waals surface area (Å²) in [6.07, 6.45) is 0. The number of aryl methyl sites for hydroxylation is 2. The average molecular weight is 388 g/mol. The molecule has 0 unspecified atom stereocenters. The van der Waals surface area contributed by atoms with Crippen LogP contribution < -0.4 is 0 Å². The van der Waals surface area contributed by atoms with Crippen LogP contribution in [-0.4, -0.2) is 39.6 Å². The number of rotatable bonds is 4. The lowest BCUT2D eigenvalue weighted by molar-refractivity contribution is -0.386. The third kappa shape index (κ3) is 2.62. The number of benzene rings is 1. The maximum atomic E-state index is 11.3. The van der Waals surface area contributed by atoms with Gasteiger partial charge in [0.1, 0.15) is 45.6 Å². The Morgan fingerprint density at radius 3 is 1.36 bits per heavy atom. The van der Waals surface area contributed by atoms with Crippen LogP contribution in [0.4, 0.5) is 11.4 Å². The van der Waals surface area contributed by atoms with E-state index in [0.717, 1.165) is 9.36 Å². The molecule has 0 radical (unpaired) electrons. The average Bonchev–Trinajstić information content (AvgIpc) is 3.04. The molecule has 3 aromatic rings. The predicted molar refractivity (Wildman–Crippen MR) is 96.3 cm³/mol. The van der Waals surface area contributed by atoms with E-state index in [-0.39, 0.29) is 57.0 Å². The molecule has 0 atom stereocenters. The van der Waals surface area contributed by atoms with Crippen molar-refractivity contribution in [3.05, 3.63) is 55.1 Å². The number of hydrogen-bond donors (Lipinski definition) is 2. The highest BCUT2D eigenvalue weighted by Crippen LogP contribution is 2.39. The van der Waals surface area contributed by atoms with Gasteiger partial charge < -0.3 is 10.2 Å². The fourth-order valence-electron chi connectivity index (χ4n) is 3.21. The highest BCUT2D eigenvalue weighted by atomic mass is 16.6. The zero-order valence-electron chi connectivity index (χ0n) is 15.4. The highest BCUT2D eigenvalue weighted by Gasteiger charge is 2.30. The Morgan fingerprint density at radius 2 is 1.11 bits per heavy atom. The minimum Gasteiger partial charge on any atom is -0.506 e. The Hall–Kier alpha value is -3.96. The van der Waals surface area contributed by atoms with Crippen LogP contribution in [0.25, 0.3) is 11.4 Å². The van der Waals surface area contributed by atoms with Crippen LogP contribution in [0.5, 0.6) is 11.5 Å². The van der Waals surface area contributed by atoms with Crippen LogP contribution >= 0.6 is 0 Å². The van der Waals surface area contributed by atoms with Crippen molar-refractivity contribution < 1.29 is 20.1 Å². The maximum absolute atomic E-state index is 11.3. The van der Waals surface area contributed by atoms with Crippen LogP contribution in [0, 0.1) is 47.9 Å². The quantitative estimate of drug-likeness (QED) is 0.391. The van der Waals surface area contributed by atoms with Crippen molar-refractivity contribution >= 4 is 11.4 Å². The molecule has 12 nitrogen and oxygen atoms in total. The molecular formula is C16H16N6O6. The van der Waals surface area contributed by atoms with E-state index < -0.39 is 9.85 Å². The molecule has 0 aliphatic rings. The minimum absolute atomic E-state index is 0.0887. The van der Waals surface area contributed by atoms with Crippen molar-refractivity contribution in [2.75, 3.05) is 0 Å². The Bertz CT molecular complexity index is 1060. The Labute approximate surface area is 157 Å². The van der Waals surface area contributed by atoms with Gasteiger partial charge in [0, 0.05) is 0 Å². The lowest BCUT2D eigenvalue weighted by Gasteiger charge is -2.15. The first kappa shape index (κ1) is 18.8. The van der Waals surface area contributed by atoms with Crippen LogP contribution in [0.3, 0.4) is 0 Å². The second-order valence-corrected chi connectivity index (χ2v) is 6.18. The number of phenols is 2. The van der Waals surface area contributed by atoms with Crippen LogP contribution in [0.2, 0.25) is 0 Å². The van der Waals surface area contributed by atoms with E-state index in [1.165, 1.54) is 39.8 Å². The first-order valence-electron chi connectivity index (χ1n) is 8.03. The topological polar surface area (TPSA) is 162 Å². The monoisotopic (exact) mass is 388 g/mol. The molecule has 2 heterocycles. The van der Waals surface area contributed by atoms with Crippen molar-refractivity contribution in [1.29, 1.82) is 0 Å². The first-order chi connectivity index (χ1) is 13.1. The summed E-state index contributed by atoms with van der Waals surface area (Å²) < 4.78 is 2.22. The molecule has 0 saturated carbocycles. The normalized spacial score (nSPS) is 11.0. The first-order valence-corrected chi connectivity index (χ1v) is 8.03. The summed E-state index contributed by atoms with van der Waals surface area (Å²) in [5.41, 5.74) is -0.225. The van der Waals surface area contributed by atoms with E-state index in [4.69, 9.17) is 0 Å². The molecule has 2 aromatic heterocycles. The molecular weight excluding hydrogens is 372 g/mol. The van der Waals surface area contributed by atoms with Gasteiger partial charge in [-0.15, -0.1) is 0 Å². The van der Waals surface area contributed by atoms with Crippen molar-refractivity contribution in [1.82, 2.24) is 19.6 Å². The minimum atomic E-state index is -0.595. The van der Waals surface area contributed by atoms with Gasteiger partial charge in [0.25, 0.3) is 0 Å². The molecule has 0 spiro atoms. The standard InChI is InChI=1S/C16H16N6O6/c1-7-13(21(25)26)9(3)19(17-7)15-11(23)5-6-12(24)16(15)20-10(4)14(22(27)28)8(2)18-20/h5-6,23-24H,1-4H3. The summed E-state index contributed by atoms with van der Waals surface area (Å²) in [6.45, 7) is 5.76. The number of hydrogen-bond acceptors (Lipinski definition) is 8. The molecule has 0 aliphatic heterocycles. The fourth-order valence-corrected chi connectivity index (χ4v) is 3.21. The van der Waals surface area contributed by atoms with Gasteiger partial charge in [-0.1, -0.05) is 0 Å². The second-order valence-electron chi connectivity index (χ2n) is 6.18. The SMILES string of the molecule is Cc1nn(-c2c(O)ccc(O)c2-n2nc(C)c([N+](=O)[O-])c2C)c(C)c1[N+](=O)[O-]. The summed E-state index contributed by atoms with van der Waals surface area (Å²) in [6, 6.07) is 2.38. The van der Waals surface area contributed by atoms with Crippen molar-refractivity contribution in [3.63, 3.8) is 0 Å². The van der Waals surface area contributed by atoms with E-state index in [0.29, 0.717) is 0 Å². The molecule has 0 fully saturated rings. The van der Waals surface area contributed by atoms with Gasteiger partial charge in [-0.05, 0) is 39.8 Å². The van der Waals surface area contributed by atoms with E-state index in [1.54, 1.807) is 0 Å². The van der Waals surface area contributed by atoms with Gasteiger partial charge in [0.2, 0.25) is 0 Å². The molecule has 0 amide bonds. The lowest BCUT2D eigenvalue weighted by atomic mass is 10.2. The third-order valence-electron chi connectivity index (χ3n) is 4.40. The van der Waals surface area contributed by atoms with E-state index in [2.05, 4.69) is 10.2 Å². The molecule has 0 saturated heterocycles. The van der Waals surface area contributed by atoms with E-state index in [9.17, 15) is 30.4 Å². The molecule has 0 bridgehead atoms. The van der Waals surface area contributed by atoms with Crippen LogP contribution in [0.1, 0.15) is 22.8 Å². The fraction of sp³-hybridized carbons (Fsp3) is 0.250. The zero-order chi connectivity index (χ0) is 20.9. The van der Waals surface area contributed by atoms with Gasteiger partial charge in [-0.3, -0.25) is 20.2 Å². The number of aromatic hydroxyl groups is 2. The number of aromatic nitrogens is 4. The Balaban J connectivity index is 2.41. The zero-order valence-corrected chi connectivity index (χ0v) is 15.4. The number of phenolic OH excluding ortho intramolecular Hbond substituents is 2. The van der Waals surface area contributed by atoms with Crippen LogP contribution in [-0.2, 0) is 0 Å². The second kappa shape index (κ2) is 6.33. The van der Waals surface area contributed by atoms with Crippen LogP contribution in [0.15, 0.2) is 12.1 Å². The smallest absolute Gasteiger partial charge is 0.313 e.